The van der Waals surface area contributed by atoms with Gasteiger partial charge in [0.1, 0.15) is 11.5 Å². The molecule has 2 aromatic carbocycles. The monoisotopic (exact) mass is 358 g/mol. The summed E-state index contributed by atoms with van der Waals surface area (Å²) in [5, 5.41) is 10.4. The minimum atomic E-state index is -0.993. The number of amides is 2. The lowest BCUT2D eigenvalue weighted by molar-refractivity contribution is -0.131. The number of rotatable bonds is 6. The van der Waals surface area contributed by atoms with Crippen molar-refractivity contribution in [2.24, 2.45) is 5.84 Å². The molecule has 2 rings (SSSR count). The second kappa shape index (κ2) is 8.63. The van der Waals surface area contributed by atoms with Gasteiger partial charge in [-0.2, -0.15) is 5.01 Å². The summed E-state index contributed by atoms with van der Waals surface area (Å²) >= 11 is 0. The Balaban J connectivity index is 2.02. The molecule has 2 amide bonds. The number of hydrazine groups is 1. The lowest BCUT2D eigenvalue weighted by Crippen LogP contribution is -2.45. The molecular weight excluding hydrogens is 340 g/mol. The average molecular weight is 358 g/mol. The summed E-state index contributed by atoms with van der Waals surface area (Å²) in [6.45, 7) is 1.11. The van der Waals surface area contributed by atoms with E-state index in [1.165, 1.54) is 18.2 Å². The predicted molar refractivity (Wildman–Crippen MR) is 91.5 cm³/mol. The van der Waals surface area contributed by atoms with Crippen molar-refractivity contribution in [3.05, 3.63) is 59.7 Å². The van der Waals surface area contributed by atoms with Crippen LogP contribution < -0.4 is 10.6 Å². The summed E-state index contributed by atoms with van der Waals surface area (Å²) in [5.41, 5.74) is 0.529. The Bertz CT molecular complexity index is 807. The van der Waals surface area contributed by atoms with Gasteiger partial charge in [0.2, 0.25) is 0 Å². The number of ether oxygens (including phenoxy) is 2. The van der Waals surface area contributed by atoms with Crippen molar-refractivity contribution in [1.82, 2.24) is 5.01 Å². The molecule has 0 aromatic heterocycles. The number of imide groups is 1. The molecule has 0 fully saturated rings. The van der Waals surface area contributed by atoms with Crippen LogP contribution in [0.4, 0.5) is 4.79 Å². The fraction of sp³-hybridized carbons (Fsp3) is 0.167. The molecule has 0 aliphatic heterocycles. The predicted octanol–water partition coefficient (Wildman–Crippen LogP) is 1.86. The number of carbonyl (C=O) groups excluding carboxylic acids is 3. The van der Waals surface area contributed by atoms with Gasteiger partial charge in [-0.05, 0) is 19.1 Å². The van der Waals surface area contributed by atoms with E-state index in [-0.39, 0.29) is 29.5 Å². The summed E-state index contributed by atoms with van der Waals surface area (Å²) in [6, 6.07) is 12.5. The molecule has 0 aliphatic rings. The Kier molecular flexibility index (Phi) is 6.29. The number of ketones is 1. The van der Waals surface area contributed by atoms with E-state index >= 15 is 0 Å². The molecule has 0 radical (unpaired) electrons. The number of aromatic hydroxyl groups is 1. The summed E-state index contributed by atoms with van der Waals surface area (Å²) < 4.78 is 9.78. The van der Waals surface area contributed by atoms with Crippen molar-refractivity contribution >= 4 is 17.8 Å². The molecule has 26 heavy (non-hydrogen) atoms. The zero-order valence-electron chi connectivity index (χ0n) is 14.0. The molecule has 0 aliphatic carbocycles. The highest BCUT2D eigenvalue weighted by Crippen LogP contribution is 2.25. The first-order chi connectivity index (χ1) is 12.4. The van der Waals surface area contributed by atoms with Crippen molar-refractivity contribution in [2.45, 2.75) is 6.92 Å². The van der Waals surface area contributed by atoms with Gasteiger partial charge in [-0.3, -0.25) is 9.59 Å². The van der Waals surface area contributed by atoms with E-state index in [2.05, 4.69) is 4.74 Å². The third-order valence-electron chi connectivity index (χ3n) is 3.35. The van der Waals surface area contributed by atoms with Crippen LogP contribution >= 0.6 is 0 Å². The molecule has 3 N–H and O–H groups in total. The zero-order chi connectivity index (χ0) is 19.1. The second-order valence-electron chi connectivity index (χ2n) is 5.13. The minimum absolute atomic E-state index is 0.0748. The van der Waals surface area contributed by atoms with Crippen LogP contribution in [0.25, 0.3) is 0 Å². The lowest BCUT2D eigenvalue weighted by atomic mass is 10.0. The highest BCUT2D eigenvalue weighted by Gasteiger charge is 2.20. The molecule has 0 saturated carbocycles. The Morgan fingerprint density at radius 3 is 2.42 bits per heavy atom. The van der Waals surface area contributed by atoms with E-state index in [1.807, 2.05) is 0 Å². The first-order valence-electron chi connectivity index (χ1n) is 7.74. The van der Waals surface area contributed by atoms with Gasteiger partial charge in [-0.1, -0.05) is 30.3 Å². The summed E-state index contributed by atoms with van der Waals surface area (Å²) in [7, 11) is 0. The van der Waals surface area contributed by atoms with Gasteiger partial charge in [0, 0.05) is 11.6 Å². The topological polar surface area (TPSA) is 119 Å². The van der Waals surface area contributed by atoms with Crippen molar-refractivity contribution in [3.8, 4) is 11.5 Å². The van der Waals surface area contributed by atoms with Gasteiger partial charge < -0.3 is 14.6 Å². The molecule has 8 heteroatoms. The maximum Gasteiger partial charge on any atom is 0.431 e. The summed E-state index contributed by atoms with van der Waals surface area (Å²) in [6.07, 6.45) is -0.993. The smallest absolute Gasteiger partial charge is 0.431 e. The van der Waals surface area contributed by atoms with Crippen LogP contribution in [0.2, 0.25) is 0 Å². The number of hydrogen-bond donors (Lipinski definition) is 2. The van der Waals surface area contributed by atoms with Crippen LogP contribution in [0.3, 0.4) is 0 Å². The first-order valence-corrected chi connectivity index (χ1v) is 7.74. The number of benzene rings is 2. The third kappa shape index (κ3) is 4.58. The Hall–Kier alpha value is -3.39. The Morgan fingerprint density at radius 1 is 1.12 bits per heavy atom. The fourth-order valence-electron chi connectivity index (χ4n) is 2.05. The normalized spacial score (nSPS) is 10.1. The third-order valence-corrected chi connectivity index (χ3v) is 3.35. The first kappa shape index (κ1) is 18.9. The van der Waals surface area contributed by atoms with Gasteiger partial charge in [0.05, 0.1) is 12.2 Å². The number of phenolic OH excluding ortho intramolecular Hbond substituents is 1. The fourth-order valence-corrected chi connectivity index (χ4v) is 2.05. The maximum atomic E-state index is 12.3. The van der Waals surface area contributed by atoms with Gasteiger partial charge >= 0.3 is 6.09 Å². The van der Waals surface area contributed by atoms with Gasteiger partial charge in [-0.25, -0.2) is 10.6 Å². The van der Waals surface area contributed by atoms with Crippen LogP contribution in [-0.2, 0) is 9.53 Å². The van der Waals surface area contributed by atoms with Crippen molar-refractivity contribution in [1.29, 1.82) is 0 Å². The molecule has 0 bridgehead atoms. The van der Waals surface area contributed by atoms with Crippen LogP contribution in [0.15, 0.2) is 48.5 Å². The standard InChI is InChI=1S/C18H18N2O6/c1-2-25-18(24)20(19)16(22)11-26-13-8-9-14(15(21)10-13)17(23)12-6-4-3-5-7-12/h3-10,21H,2,11,19H2,1H3. The van der Waals surface area contributed by atoms with E-state index in [0.717, 1.165) is 0 Å². The quantitative estimate of drug-likeness (QED) is 0.350. The molecular formula is C18H18N2O6. The van der Waals surface area contributed by atoms with Crippen molar-refractivity contribution < 1.29 is 29.0 Å². The van der Waals surface area contributed by atoms with Crippen LogP contribution in [0, 0.1) is 0 Å². The van der Waals surface area contributed by atoms with E-state index in [0.29, 0.717) is 10.6 Å². The highest BCUT2D eigenvalue weighted by atomic mass is 16.6. The number of nitrogens with zero attached hydrogens (tertiary/aromatic N) is 1. The molecule has 0 unspecified atom stereocenters. The molecule has 0 atom stereocenters. The lowest BCUT2D eigenvalue weighted by Gasteiger charge is -2.14. The van der Waals surface area contributed by atoms with E-state index in [4.69, 9.17) is 10.6 Å². The summed E-state index contributed by atoms with van der Waals surface area (Å²) in [4.78, 5) is 35.4. The molecule has 8 nitrogen and oxygen atoms in total. The molecule has 0 heterocycles. The SMILES string of the molecule is CCOC(=O)N(N)C(=O)COc1ccc(C(=O)c2ccccc2)c(O)c1. The summed E-state index contributed by atoms with van der Waals surface area (Å²) in [5.74, 6) is 3.98. The number of hydrogen-bond acceptors (Lipinski definition) is 7. The number of phenols is 1. The molecule has 2 aromatic rings. The Morgan fingerprint density at radius 2 is 1.81 bits per heavy atom. The number of carbonyl (C=O) groups is 3. The average Bonchev–Trinajstić information content (AvgIpc) is 2.66. The zero-order valence-corrected chi connectivity index (χ0v) is 14.0. The molecule has 0 saturated heterocycles. The Labute approximate surface area is 149 Å². The second-order valence-corrected chi connectivity index (χ2v) is 5.13. The molecule has 0 spiro atoms. The largest absolute Gasteiger partial charge is 0.507 e. The van der Waals surface area contributed by atoms with Crippen LogP contribution in [-0.4, -0.2) is 41.1 Å². The minimum Gasteiger partial charge on any atom is -0.507 e. The van der Waals surface area contributed by atoms with Gasteiger partial charge in [-0.15, -0.1) is 0 Å². The number of nitrogens with two attached hydrogens (primary N) is 1. The van der Waals surface area contributed by atoms with Crippen LogP contribution in [0.5, 0.6) is 11.5 Å². The highest BCUT2D eigenvalue weighted by molar-refractivity contribution is 6.10. The van der Waals surface area contributed by atoms with Crippen molar-refractivity contribution in [3.63, 3.8) is 0 Å². The van der Waals surface area contributed by atoms with E-state index < -0.39 is 18.6 Å². The maximum absolute atomic E-state index is 12.3. The van der Waals surface area contributed by atoms with Crippen molar-refractivity contribution in [2.75, 3.05) is 13.2 Å². The van der Waals surface area contributed by atoms with Gasteiger partial charge in [0.15, 0.2) is 12.4 Å². The van der Waals surface area contributed by atoms with E-state index in [9.17, 15) is 19.5 Å². The molecule has 136 valence electrons. The van der Waals surface area contributed by atoms with E-state index in [1.54, 1.807) is 37.3 Å². The van der Waals surface area contributed by atoms with Gasteiger partial charge in [0.25, 0.3) is 5.91 Å². The van der Waals surface area contributed by atoms with Crippen LogP contribution in [0.1, 0.15) is 22.8 Å².